The molecule has 2 N–H and O–H groups in total. The molecule has 8 heteroatoms. The SMILES string of the molecule is CCNCc1csc(S(=O)(=O)NCCOCCOC)c1. The van der Waals surface area contributed by atoms with Gasteiger partial charge in [0.25, 0.3) is 0 Å². The second-order valence-electron chi connectivity index (χ2n) is 4.06. The van der Waals surface area contributed by atoms with Gasteiger partial charge in [0.1, 0.15) is 4.21 Å². The predicted molar refractivity (Wildman–Crippen MR) is 79.6 cm³/mol. The zero-order valence-corrected chi connectivity index (χ0v) is 13.5. The van der Waals surface area contributed by atoms with Crippen LogP contribution < -0.4 is 10.0 Å². The van der Waals surface area contributed by atoms with Crippen molar-refractivity contribution in [3.63, 3.8) is 0 Å². The molecule has 0 unspecified atom stereocenters. The monoisotopic (exact) mass is 322 g/mol. The van der Waals surface area contributed by atoms with Crippen LogP contribution in [0.25, 0.3) is 0 Å². The lowest BCUT2D eigenvalue weighted by atomic mass is 10.3. The van der Waals surface area contributed by atoms with Crippen molar-refractivity contribution in [2.45, 2.75) is 17.7 Å². The molecule has 0 spiro atoms. The maximum atomic E-state index is 12.0. The van der Waals surface area contributed by atoms with E-state index in [4.69, 9.17) is 9.47 Å². The average Bonchev–Trinajstić information content (AvgIpc) is 2.90. The normalized spacial score (nSPS) is 11.9. The van der Waals surface area contributed by atoms with Gasteiger partial charge in [-0.05, 0) is 23.6 Å². The molecule has 0 radical (unpaired) electrons. The van der Waals surface area contributed by atoms with Crippen LogP contribution in [0.4, 0.5) is 0 Å². The Morgan fingerprint density at radius 3 is 2.80 bits per heavy atom. The van der Waals surface area contributed by atoms with Gasteiger partial charge >= 0.3 is 0 Å². The number of methoxy groups -OCH3 is 1. The fraction of sp³-hybridized carbons (Fsp3) is 0.667. The molecule has 1 heterocycles. The molecule has 1 rings (SSSR count). The Morgan fingerprint density at radius 2 is 2.10 bits per heavy atom. The summed E-state index contributed by atoms with van der Waals surface area (Å²) in [4.78, 5) is 0. The Kier molecular flexibility index (Phi) is 8.27. The Balaban J connectivity index is 2.38. The molecule has 0 amide bonds. The summed E-state index contributed by atoms with van der Waals surface area (Å²) < 4.78 is 36.9. The highest BCUT2D eigenvalue weighted by atomic mass is 32.2. The van der Waals surface area contributed by atoms with Gasteiger partial charge in [-0.25, -0.2) is 13.1 Å². The summed E-state index contributed by atoms with van der Waals surface area (Å²) in [6.45, 7) is 5.10. The number of sulfonamides is 1. The summed E-state index contributed by atoms with van der Waals surface area (Å²) in [6, 6.07) is 1.70. The fourth-order valence-electron chi connectivity index (χ4n) is 1.42. The molecule has 20 heavy (non-hydrogen) atoms. The van der Waals surface area contributed by atoms with E-state index in [0.29, 0.717) is 30.6 Å². The molecule has 0 saturated heterocycles. The first-order valence-electron chi connectivity index (χ1n) is 6.44. The molecule has 0 fully saturated rings. The highest BCUT2D eigenvalue weighted by molar-refractivity contribution is 7.91. The number of hydrogen-bond donors (Lipinski definition) is 2. The van der Waals surface area contributed by atoms with Crippen LogP contribution in [-0.4, -0.2) is 48.4 Å². The van der Waals surface area contributed by atoms with Crippen molar-refractivity contribution in [3.8, 4) is 0 Å². The number of nitrogens with one attached hydrogen (secondary N) is 2. The molecule has 0 aliphatic carbocycles. The van der Waals surface area contributed by atoms with Crippen LogP contribution in [-0.2, 0) is 26.0 Å². The zero-order chi connectivity index (χ0) is 14.8. The van der Waals surface area contributed by atoms with Crippen molar-refractivity contribution >= 4 is 21.4 Å². The molecule has 1 aromatic heterocycles. The van der Waals surface area contributed by atoms with E-state index >= 15 is 0 Å². The van der Waals surface area contributed by atoms with Crippen molar-refractivity contribution in [3.05, 3.63) is 17.0 Å². The van der Waals surface area contributed by atoms with Crippen LogP contribution in [0.15, 0.2) is 15.7 Å². The van der Waals surface area contributed by atoms with E-state index in [1.807, 2.05) is 12.3 Å². The summed E-state index contributed by atoms with van der Waals surface area (Å²) in [6.07, 6.45) is 0. The standard InChI is InChI=1S/C12H22N2O4S2/c1-3-13-9-11-8-12(19-10-11)20(15,16)14-4-5-18-7-6-17-2/h8,10,13-14H,3-7,9H2,1-2H3. The van der Waals surface area contributed by atoms with Gasteiger partial charge < -0.3 is 14.8 Å². The van der Waals surface area contributed by atoms with E-state index in [1.54, 1.807) is 13.2 Å². The van der Waals surface area contributed by atoms with Crippen LogP contribution in [0, 0.1) is 0 Å². The molecular formula is C12H22N2O4S2. The third kappa shape index (κ3) is 6.29. The summed E-state index contributed by atoms with van der Waals surface area (Å²) in [5.74, 6) is 0. The van der Waals surface area contributed by atoms with E-state index in [1.165, 1.54) is 11.3 Å². The smallest absolute Gasteiger partial charge is 0.250 e. The molecule has 0 saturated carbocycles. The van der Waals surface area contributed by atoms with Gasteiger partial charge in [-0.15, -0.1) is 11.3 Å². The predicted octanol–water partition coefficient (Wildman–Crippen LogP) is 0.799. The topological polar surface area (TPSA) is 76.7 Å². The molecule has 0 aliphatic heterocycles. The number of hydrogen-bond acceptors (Lipinski definition) is 6. The van der Waals surface area contributed by atoms with Gasteiger partial charge in [-0.1, -0.05) is 6.92 Å². The number of thiophene rings is 1. The highest BCUT2D eigenvalue weighted by Crippen LogP contribution is 2.19. The maximum Gasteiger partial charge on any atom is 0.250 e. The molecular weight excluding hydrogens is 300 g/mol. The van der Waals surface area contributed by atoms with Crippen molar-refractivity contribution in [1.82, 2.24) is 10.0 Å². The third-order valence-electron chi connectivity index (χ3n) is 2.44. The van der Waals surface area contributed by atoms with E-state index in [0.717, 1.165) is 12.1 Å². The third-order valence-corrected chi connectivity index (χ3v) is 5.39. The second kappa shape index (κ2) is 9.43. The van der Waals surface area contributed by atoms with E-state index in [2.05, 4.69) is 10.0 Å². The van der Waals surface area contributed by atoms with E-state index < -0.39 is 10.0 Å². The second-order valence-corrected chi connectivity index (χ2v) is 6.96. The van der Waals surface area contributed by atoms with E-state index in [-0.39, 0.29) is 6.54 Å². The van der Waals surface area contributed by atoms with Gasteiger partial charge in [0.15, 0.2) is 0 Å². The molecule has 6 nitrogen and oxygen atoms in total. The van der Waals surface area contributed by atoms with Gasteiger partial charge in [-0.3, -0.25) is 0 Å². The van der Waals surface area contributed by atoms with Crippen molar-refractivity contribution < 1.29 is 17.9 Å². The summed E-state index contributed by atoms with van der Waals surface area (Å²) in [7, 11) is -1.84. The van der Waals surface area contributed by atoms with Gasteiger partial charge in [-0.2, -0.15) is 0 Å². The quantitative estimate of drug-likeness (QED) is 0.589. The Bertz CT molecular complexity index is 474. The van der Waals surface area contributed by atoms with Crippen LogP contribution in [0.5, 0.6) is 0 Å². The average molecular weight is 322 g/mol. The Morgan fingerprint density at radius 1 is 1.30 bits per heavy atom. The van der Waals surface area contributed by atoms with E-state index in [9.17, 15) is 8.42 Å². The molecule has 0 bridgehead atoms. The number of ether oxygens (including phenoxy) is 2. The summed E-state index contributed by atoms with van der Waals surface area (Å²) in [5.41, 5.74) is 0.980. The summed E-state index contributed by atoms with van der Waals surface area (Å²) >= 11 is 1.23. The maximum absolute atomic E-state index is 12.0. The molecule has 0 atom stereocenters. The molecule has 0 aromatic carbocycles. The minimum Gasteiger partial charge on any atom is -0.382 e. The van der Waals surface area contributed by atoms with Gasteiger partial charge in [0, 0.05) is 20.2 Å². The van der Waals surface area contributed by atoms with Crippen molar-refractivity contribution in [2.75, 3.05) is 40.0 Å². The summed E-state index contributed by atoms with van der Waals surface area (Å²) in [5, 5.41) is 5.01. The van der Waals surface area contributed by atoms with Crippen molar-refractivity contribution in [1.29, 1.82) is 0 Å². The first-order valence-corrected chi connectivity index (χ1v) is 8.81. The first kappa shape index (κ1) is 17.5. The van der Waals surface area contributed by atoms with Crippen LogP contribution >= 0.6 is 11.3 Å². The highest BCUT2D eigenvalue weighted by Gasteiger charge is 2.15. The first-order chi connectivity index (χ1) is 9.60. The van der Waals surface area contributed by atoms with Crippen LogP contribution in [0.3, 0.4) is 0 Å². The lowest BCUT2D eigenvalue weighted by Crippen LogP contribution is -2.27. The largest absolute Gasteiger partial charge is 0.382 e. The lowest BCUT2D eigenvalue weighted by Gasteiger charge is -2.05. The molecule has 116 valence electrons. The zero-order valence-electron chi connectivity index (χ0n) is 11.8. The minimum absolute atomic E-state index is 0.256. The molecule has 0 aliphatic rings. The fourth-order valence-corrected chi connectivity index (χ4v) is 3.69. The van der Waals surface area contributed by atoms with Crippen LogP contribution in [0.1, 0.15) is 12.5 Å². The molecule has 1 aromatic rings. The van der Waals surface area contributed by atoms with Gasteiger partial charge in [0.2, 0.25) is 10.0 Å². The Labute approximate surface area is 124 Å². The lowest BCUT2D eigenvalue weighted by molar-refractivity contribution is 0.0736. The van der Waals surface area contributed by atoms with Gasteiger partial charge in [0.05, 0.1) is 19.8 Å². The minimum atomic E-state index is -3.43. The Hall–Kier alpha value is -0.510. The van der Waals surface area contributed by atoms with Crippen LogP contribution in [0.2, 0.25) is 0 Å². The van der Waals surface area contributed by atoms with Crippen molar-refractivity contribution in [2.24, 2.45) is 0 Å². The number of rotatable bonds is 11.